The predicted octanol–water partition coefficient (Wildman–Crippen LogP) is 1.50. The fourth-order valence-electron chi connectivity index (χ4n) is 2.98. The standard InChI is InChI=1S/C15H19N5O2S/c21-13(20-3-4-22-7-12(20)5-10-1-2-10)6-11-8-23-15(18-11)14-16-9-17-19-14/h8-10,12H,1-7H2,(H,16,17,19). The topological polar surface area (TPSA) is 84.0 Å². The minimum atomic E-state index is 0.147. The normalized spacial score (nSPS) is 21.6. The smallest absolute Gasteiger partial charge is 0.229 e. The van der Waals surface area contributed by atoms with E-state index in [1.54, 1.807) is 0 Å². The zero-order chi connectivity index (χ0) is 15.6. The van der Waals surface area contributed by atoms with Crippen LogP contribution in [-0.2, 0) is 16.0 Å². The molecule has 2 aromatic heterocycles. The average molecular weight is 333 g/mol. The van der Waals surface area contributed by atoms with Crippen LogP contribution in [0.25, 0.3) is 10.8 Å². The number of aromatic amines is 1. The summed E-state index contributed by atoms with van der Waals surface area (Å²) in [7, 11) is 0. The van der Waals surface area contributed by atoms with Crippen LogP contribution in [0, 0.1) is 5.92 Å². The molecule has 0 bridgehead atoms. The third kappa shape index (κ3) is 3.42. The summed E-state index contributed by atoms with van der Waals surface area (Å²) in [6.07, 6.45) is 5.46. The molecule has 4 rings (SSSR count). The van der Waals surface area contributed by atoms with Crippen molar-refractivity contribution < 1.29 is 9.53 Å². The molecule has 1 saturated carbocycles. The van der Waals surface area contributed by atoms with Gasteiger partial charge in [0.05, 0.1) is 31.4 Å². The maximum absolute atomic E-state index is 12.7. The fraction of sp³-hybridized carbons (Fsp3) is 0.600. The summed E-state index contributed by atoms with van der Waals surface area (Å²) in [6.45, 7) is 1.99. The number of ether oxygens (including phenoxy) is 1. The highest BCUT2D eigenvalue weighted by Gasteiger charge is 2.33. The zero-order valence-corrected chi connectivity index (χ0v) is 13.6. The Morgan fingerprint density at radius 1 is 1.48 bits per heavy atom. The number of carbonyl (C=O) groups excluding carboxylic acids is 1. The third-order valence-electron chi connectivity index (χ3n) is 4.35. The second-order valence-corrected chi connectivity index (χ2v) is 7.01. The minimum absolute atomic E-state index is 0.147. The van der Waals surface area contributed by atoms with E-state index in [0.717, 1.165) is 23.0 Å². The Morgan fingerprint density at radius 3 is 3.17 bits per heavy atom. The molecular weight excluding hydrogens is 314 g/mol. The lowest BCUT2D eigenvalue weighted by Gasteiger charge is -2.35. The molecule has 1 aliphatic carbocycles. The Bertz CT molecular complexity index is 667. The lowest BCUT2D eigenvalue weighted by molar-refractivity contribution is -0.139. The Kier molecular flexibility index (Phi) is 4.09. The molecule has 23 heavy (non-hydrogen) atoms. The second-order valence-electron chi connectivity index (χ2n) is 6.15. The molecule has 8 heteroatoms. The molecule has 2 aliphatic rings. The molecule has 3 heterocycles. The van der Waals surface area contributed by atoms with Crippen LogP contribution in [0.15, 0.2) is 11.7 Å². The van der Waals surface area contributed by atoms with Gasteiger partial charge in [-0.1, -0.05) is 12.8 Å². The zero-order valence-electron chi connectivity index (χ0n) is 12.8. The van der Waals surface area contributed by atoms with Crippen molar-refractivity contribution in [1.29, 1.82) is 0 Å². The van der Waals surface area contributed by atoms with Gasteiger partial charge in [0.25, 0.3) is 0 Å². The highest BCUT2D eigenvalue weighted by molar-refractivity contribution is 7.13. The van der Waals surface area contributed by atoms with Gasteiger partial charge in [0.15, 0.2) is 10.8 Å². The molecule has 1 N–H and O–H groups in total. The van der Waals surface area contributed by atoms with Gasteiger partial charge in [-0.25, -0.2) is 9.97 Å². The van der Waals surface area contributed by atoms with E-state index in [4.69, 9.17) is 4.74 Å². The summed E-state index contributed by atoms with van der Waals surface area (Å²) in [5.74, 6) is 1.58. The van der Waals surface area contributed by atoms with E-state index in [1.165, 1.54) is 30.5 Å². The van der Waals surface area contributed by atoms with E-state index in [1.807, 2.05) is 10.3 Å². The Hall–Kier alpha value is -1.80. The van der Waals surface area contributed by atoms with Crippen molar-refractivity contribution in [2.24, 2.45) is 5.92 Å². The first-order chi connectivity index (χ1) is 11.3. The molecule has 7 nitrogen and oxygen atoms in total. The monoisotopic (exact) mass is 333 g/mol. The molecule has 1 saturated heterocycles. The van der Waals surface area contributed by atoms with Crippen molar-refractivity contribution in [2.45, 2.75) is 31.7 Å². The first-order valence-corrected chi connectivity index (χ1v) is 8.85. The largest absolute Gasteiger partial charge is 0.377 e. The van der Waals surface area contributed by atoms with Gasteiger partial charge in [-0.3, -0.25) is 9.89 Å². The summed E-state index contributed by atoms with van der Waals surface area (Å²) < 4.78 is 5.57. The van der Waals surface area contributed by atoms with Crippen molar-refractivity contribution in [3.05, 3.63) is 17.4 Å². The molecule has 122 valence electrons. The summed E-state index contributed by atoms with van der Waals surface area (Å²) in [5.41, 5.74) is 0.795. The maximum Gasteiger partial charge on any atom is 0.229 e. The molecule has 1 atom stereocenters. The van der Waals surface area contributed by atoms with Crippen LogP contribution >= 0.6 is 11.3 Å². The van der Waals surface area contributed by atoms with Crippen molar-refractivity contribution in [2.75, 3.05) is 19.8 Å². The van der Waals surface area contributed by atoms with E-state index in [-0.39, 0.29) is 11.9 Å². The maximum atomic E-state index is 12.7. The summed E-state index contributed by atoms with van der Waals surface area (Å²) >= 11 is 1.48. The first kappa shape index (κ1) is 14.8. The number of morpholine rings is 1. The lowest BCUT2D eigenvalue weighted by Crippen LogP contribution is -2.49. The molecule has 0 spiro atoms. The van der Waals surface area contributed by atoms with E-state index in [0.29, 0.717) is 32.0 Å². The summed E-state index contributed by atoms with van der Waals surface area (Å²) in [6, 6.07) is 0.233. The summed E-state index contributed by atoms with van der Waals surface area (Å²) in [4.78, 5) is 23.3. The Balaban J connectivity index is 1.41. The number of hydrogen-bond donors (Lipinski definition) is 1. The average Bonchev–Trinajstić information content (AvgIpc) is 3.04. The second kappa shape index (κ2) is 6.37. The van der Waals surface area contributed by atoms with Crippen molar-refractivity contribution in [3.8, 4) is 10.8 Å². The predicted molar refractivity (Wildman–Crippen MR) is 84.9 cm³/mol. The van der Waals surface area contributed by atoms with E-state index < -0.39 is 0 Å². The number of aromatic nitrogens is 4. The van der Waals surface area contributed by atoms with Crippen LogP contribution in [0.2, 0.25) is 0 Å². The SMILES string of the molecule is O=C(Cc1csc(-c2ncn[nH]2)n1)N1CCOCC1CC1CC1. The molecule has 1 amide bonds. The van der Waals surface area contributed by atoms with Crippen LogP contribution in [-0.4, -0.2) is 56.8 Å². The number of amides is 1. The third-order valence-corrected chi connectivity index (χ3v) is 5.25. The number of H-pyrrole nitrogens is 1. The molecule has 1 unspecified atom stereocenters. The van der Waals surface area contributed by atoms with Gasteiger partial charge in [-0.2, -0.15) is 5.10 Å². The quantitative estimate of drug-likeness (QED) is 0.896. The van der Waals surface area contributed by atoms with Crippen molar-refractivity contribution >= 4 is 17.2 Å². The summed E-state index contributed by atoms with van der Waals surface area (Å²) in [5, 5.41) is 9.31. The van der Waals surface area contributed by atoms with Crippen LogP contribution < -0.4 is 0 Å². The van der Waals surface area contributed by atoms with Gasteiger partial charge in [0.2, 0.25) is 5.91 Å². The van der Waals surface area contributed by atoms with Gasteiger partial charge in [0, 0.05) is 11.9 Å². The molecule has 2 fully saturated rings. The highest BCUT2D eigenvalue weighted by atomic mass is 32.1. The molecule has 2 aromatic rings. The number of nitrogens with zero attached hydrogens (tertiary/aromatic N) is 4. The first-order valence-electron chi connectivity index (χ1n) is 7.97. The number of nitrogens with one attached hydrogen (secondary N) is 1. The number of rotatable bonds is 5. The number of thiazole rings is 1. The van der Waals surface area contributed by atoms with E-state index in [9.17, 15) is 4.79 Å². The molecular formula is C15H19N5O2S. The fourth-order valence-corrected chi connectivity index (χ4v) is 3.74. The Labute approximate surface area is 138 Å². The molecule has 0 aromatic carbocycles. The van der Waals surface area contributed by atoms with E-state index in [2.05, 4.69) is 20.2 Å². The molecule has 1 aliphatic heterocycles. The number of hydrogen-bond acceptors (Lipinski definition) is 6. The van der Waals surface area contributed by atoms with Crippen LogP contribution in [0.3, 0.4) is 0 Å². The van der Waals surface area contributed by atoms with E-state index >= 15 is 0 Å². The van der Waals surface area contributed by atoms with Gasteiger partial charge in [-0.15, -0.1) is 11.3 Å². The van der Waals surface area contributed by atoms with Gasteiger partial charge in [-0.05, 0) is 12.3 Å². The molecule has 0 radical (unpaired) electrons. The van der Waals surface area contributed by atoms with Crippen LogP contribution in [0.5, 0.6) is 0 Å². The minimum Gasteiger partial charge on any atom is -0.377 e. The number of carbonyl (C=O) groups is 1. The lowest BCUT2D eigenvalue weighted by atomic mass is 10.1. The Morgan fingerprint density at radius 2 is 2.39 bits per heavy atom. The van der Waals surface area contributed by atoms with Crippen LogP contribution in [0.1, 0.15) is 25.0 Å². The van der Waals surface area contributed by atoms with Crippen molar-refractivity contribution in [3.63, 3.8) is 0 Å². The van der Waals surface area contributed by atoms with Gasteiger partial charge < -0.3 is 9.64 Å². The van der Waals surface area contributed by atoms with Crippen molar-refractivity contribution in [1.82, 2.24) is 25.1 Å². The van der Waals surface area contributed by atoms with Gasteiger partial charge in [0.1, 0.15) is 6.33 Å². The van der Waals surface area contributed by atoms with Gasteiger partial charge >= 0.3 is 0 Å². The highest BCUT2D eigenvalue weighted by Crippen LogP contribution is 2.35. The van der Waals surface area contributed by atoms with Crippen LogP contribution in [0.4, 0.5) is 0 Å².